The standard InChI is InChI=1S/C12H23N/c1-10(2)12-8-6-5-7-9-13(12)11(3)4/h5,7,10-12H,6,8-9H2,1-4H3. The van der Waals surface area contributed by atoms with E-state index in [0.717, 1.165) is 18.5 Å². The monoisotopic (exact) mass is 181 g/mol. The van der Waals surface area contributed by atoms with Crippen LogP contribution in [0.1, 0.15) is 40.5 Å². The Kier molecular flexibility index (Phi) is 3.98. The predicted molar refractivity (Wildman–Crippen MR) is 58.8 cm³/mol. The van der Waals surface area contributed by atoms with E-state index in [-0.39, 0.29) is 0 Å². The Morgan fingerprint density at radius 3 is 2.38 bits per heavy atom. The highest BCUT2D eigenvalue weighted by Crippen LogP contribution is 2.21. The zero-order valence-corrected chi connectivity index (χ0v) is 9.46. The number of rotatable bonds is 2. The smallest absolute Gasteiger partial charge is 0.0168 e. The fraction of sp³-hybridized carbons (Fsp3) is 0.833. The number of nitrogens with zero attached hydrogens (tertiary/aromatic N) is 1. The third kappa shape index (κ3) is 2.84. The SMILES string of the molecule is CC(C)C1CCC=CCN1C(C)C. The van der Waals surface area contributed by atoms with Crippen molar-refractivity contribution >= 4 is 0 Å². The van der Waals surface area contributed by atoms with E-state index in [1.807, 2.05) is 0 Å². The molecule has 1 rings (SSSR count). The van der Waals surface area contributed by atoms with E-state index >= 15 is 0 Å². The first kappa shape index (κ1) is 10.8. The number of hydrogen-bond acceptors (Lipinski definition) is 1. The van der Waals surface area contributed by atoms with Crippen molar-refractivity contribution in [3.05, 3.63) is 12.2 Å². The molecule has 0 N–H and O–H groups in total. The summed E-state index contributed by atoms with van der Waals surface area (Å²) < 4.78 is 0. The van der Waals surface area contributed by atoms with Crippen LogP contribution in [-0.4, -0.2) is 23.5 Å². The topological polar surface area (TPSA) is 3.24 Å². The molecule has 0 radical (unpaired) electrons. The van der Waals surface area contributed by atoms with Gasteiger partial charge in [0.15, 0.2) is 0 Å². The van der Waals surface area contributed by atoms with E-state index in [1.165, 1.54) is 12.8 Å². The summed E-state index contributed by atoms with van der Waals surface area (Å²) >= 11 is 0. The Balaban J connectivity index is 2.66. The van der Waals surface area contributed by atoms with Gasteiger partial charge in [-0.3, -0.25) is 4.90 Å². The summed E-state index contributed by atoms with van der Waals surface area (Å²) in [6.07, 6.45) is 7.23. The van der Waals surface area contributed by atoms with Crippen LogP contribution in [0.5, 0.6) is 0 Å². The molecule has 0 fully saturated rings. The molecule has 1 heterocycles. The lowest BCUT2D eigenvalue weighted by Gasteiger charge is -2.35. The molecule has 76 valence electrons. The summed E-state index contributed by atoms with van der Waals surface area (Å²) in [6, 6.07) is 1.45. The summed E-state index contributed by atoms with van der Waals surface area (Å²) in [5.74, 6) is 0.780. The molecule has 1 heteroatoms. The Bertz CT molecular complexity index is 170. The van der Waals surface area contributed by atoms with Crippen molar-refractivity contribution in [1.82, 2.24) is 4.90 Å². The minimum absolute atomic E-state index is 0.676. The molecule has 1 nitrogen and oxygen atoms in total. The van der Waals surface area contributed by atoms with Crippen LogP contribution in [0, 0.1) is 5.92 Å². The van der Waals surface area contributed by atoms with Crippen molar-refractivity contribution in [2.75, 3.05) is 6.54 Å². The van der Waals surface area contributed by atoms with Crippen LogP contribution in [0.25, 0.3) is 0 Å². The van der Waals surface area contributed by atoms with Gasteiger partial charge in [-0.15, -0.1) is 0 Å². The fourth-order valence-corrected chi connectivity index (χ4v) is 2.19. The lowest BCUT2D eigenvalue weighted by Crippen LogP contribution is -2.42. The molecule has 0 aliphatic carbocycles. The minimum Gasteiger partial charge on any atom is -0.294 e. The highest BCUT2D eigenvalue weighted by molar-refractivity contribution is 4.94. The van der Waals surface area contributed by atoms with Gasteiger partial charge in [0.1, 0.15) is 0 Å². The maximum Gasteiger partial charge on any atom is 0.0168 e. The summed E-state index contributed by atoms with van der Waals surface area (Å²) in [5, 5.41) is 0. The van der Waals surface area contributed by atoms with Gasteiger partial charge >= 0.3 is 0 Å². The second-order valence-electron chi connectivity index (χ2n) is 4.65. The summed E-state index contributed by atoms with van der Waals surface area (Å²) in [6.45, 7) is 10.4. The normalized spacial score (nSPS) is 25.5. The van der Waals surface area contributed by atoms with E-state index in [4.69, 9.17) is 0 Å². The third-order valence-corrected chi connectivity index (χ3v) is 2.97. The Morgan fingerprint density at radius 1 is 1.15 bits per heavy atom. The Morgan fingerprint density at radius 2 is 1.85 bits per heavy atom. The lowest BCUT2D eigenvalue weighted by atomic mass is 9.97. The van der Waals surface area contributed by atoms with Crippen LogP contribution in [0.15, 0.2) is 12.2 Å². The molecule has 1 atom stereocenters. The first-order valence-electron chi connectivity index (χ1n) is 5.53. The quantitative estimate of drug-likeness (QED) is 0.592. The fourth-order valence-electron chi connectivity index (χ4n) is 2.19. The highest BCUT2D eigenvalue weighted by Gasteiger charge is 2.23. The van der Waals surface area contributed by atoms with Crippen molar-refractivity contribution in [2.45, 2.75) is 52.6 Å². The van der Waals surface area contributed by atoms with Crippen LogP contribution in [-0.2, 0) is 0 Å². The van der Waals surface area contributed by atoms with E-state index < -0.39 is 0 Å². The van der Waals surface area contributed by atoms with Gasteiger partial charge in [0.2, 0.25) is 0 Å². The zero-order chi connectivity index (χ0) is 9.84. The van der Waals surface area contributed by atoms with Gasteiger partial charge in [-0.25, -0.2) is 0 Å². The van der Waals surface area contributed by atoms with Gasteiger partial charge in [-0.1, -0.05) is 26.0 Å². The molecule has 0 aromatic heterocycles. The summed E-state index contributed by atoms with van der Waals surface area (Å²) in [4.78, 5) is 2.62. The van der Waals surface area contributed by atoms with Crippen molar-refractivity contribution in [1.29, 1.82) is 0 Å². The maximum absolute atomic E-state index is 2.62. The van der Waals surface area contributed by atoms with Crippen molar-refractivity contribution < 1.29 is 0 Å². The van der Waals surface area contributed by atoms with Crippen molar-refractivity contribution in [2.24, 2.45) is 5.92 Å². The maximum atomic E-state index is 2.62. The molecule has 0 saturated carbocycles. The van der Waals surface area contributed by atoms with Crippen LogP contribution >= 0.6 is 0 Å². The van der Waals surface area contributed by atoms with Gasteiger partial charge in [0.05, 0.1) is 0 Å². The molecule has 0 amide bonds. The number of hydrogen-bond donors (Lipinski definition) is 0. The van der Waals surface area contributed by atoms with Gasteiger partial charge < -0.3 is 0 Å². The van der Waals surface area contributed by atoms with Gasteiger partial charge in [0, 0.05) is 18.6 Å². The zero-order valence-electron chi connectivity index (χ0n) is 9.46. The molecule has 13 heavy (non-hydrogen) atoms. The van der Waals surface area contributed by atoms with Crippen molar-refractivity contribution in [3.63, 3.8) is 0 Å². The largest absolute Gasteiger partial charge is 0.294 e. The summed E-state index contributed by atoms with van der Waals surface area (Å²) in [5.41, 5.74) is 0. The first-order valence-corrected chi connectivity index (χ1v) is 5.53. The van der Waals surface area contributed by atoms with Crippen LogP contribution < -0.4 is 0 Å². The van der Waals surface area contributed by atoms with Gasteiger partial charge in [0.25, 0.3) is 0 Å². The van der Waals surface area contributed by atoms with Crippen LogP contribution in [0.3, 0.4) is 0 Å². The van der Waals surface area contributed by atoms with Gasteiger partial charge in [-0.2, -0.15) is 0 Å². The van der Waals surface area contributed by atoms with Gasteiger partial charge in [-0.05, 0) is 32.6 Å². The predicted octanol–water partition coefficient (Wildman–Crippen LogP) is 3.07. The second kappa shape index (κ2) is 4.80. The minimum atomic E-state index is 0.676. The van der Waals surface area contributed by atoms with E-state index in [0.29, 0.717) is 6.04 Å². The third-order valence-electron chi connectivity index (χ3n) is 2.97. The average Bonchev–Trinajstić information content (AvgIpc) is 2.27. The molecule has 1 aliphatic rings. The average molecular weight is 181 g/mol. The molecule has 0 aromatic rings. The molecular formula is C12H23N. The van der Waals surface area contributed by atoms with Crippen molar-refractivity contribution in [3.8, 4) is 0 Å². The Labute approximate surface area is 82.8 Å². The van der Waals surface area contributed by atoms with Crippen LogP contribution in [0.4, 0.5) is 0 Å². The molecular weight excluding hydrogens is 158 g/mol. The Hall–Kier alpha value is -0.300. The summed E-state index contributed by atoms with van der Waals surface area (Å²) in [7, 11) is 0. The van der Waals surface area contributed by atoms with E-state index in [1.54, 1.807) is 0 Å². The molecule has 0 saturated heterocycles. The highest BCUT2D eigenvalue weighted by atomic mass is 15.2. The molecule has 0 aromatic carbocycles. The molecule has 0 bridgehead atoms. The first-order chi connectivity index (χ1) is 6.13. The second-order valence-corrected chi connectivity index (χ2v) is 4.65. The lowest BCUT2D eigenvalue weighted by molar-refractivity contribution is 0.130. The molecule has 1 aliphatic heterocycles. The van der Waals surface area contributed by atoms with E-state index in [2.05, 4.69) is 44.7 Å². The van der Waals surface area contributed by atoms with E-state index in [9.17, 15) is 0 Å². The number of allylic oxidation sites excluding steroid dienone is 1. The van der Waals surface area contributed by atoms with Crippen LogP contribution in [0.2, 0.25) is 0 Å². The molecule has 0 spiro atoms. The molecule has 1 unspecified atom stereocenters.